The molecule has 0 saturated carbocycles. The van der Waals surface area contributed by atoms with Crippen molar-refractivity contribution >= 4 is 28.3 Å². The molecule has 27 heavy (non-hydrogen) atoms. The number of nitrogens with zero attached hydrogens (tertiary/aromatic N) is 1. The Morgan fingerprint density at radius 1 is 1.30 bits per heavy atom. The summed E-state index contributed by atoms with van der Waals surface area (Å²) >= 11 is 0. The van der Waals surface area contributed by atoms with Gasteiger partial charge in [0.1, 0.15) is 0 Å². The Balaban J connectivity index is 0.00000261. The molecule has 0 spiro atoms. The van der Waals surface area contributed by atoms with E-state index in [1.165, 1.54) is 12.1 Å². The van der Waals surface area contributed by atoms with Crippen molar-refractivity contribution in [3.05, 3.63) is 18.2 Å². The van der Waals surface area contributed by atoms with Crippen LogP contribution in [-0.2, 0) is 14.8 Å². The molecule has 8 nitrogen and oxygen atoms in total. The minimum atomic E-state index is -3.71. The Bertz CT molecular complexity index is 759. The normalized spacial score (nSPS) is 19.7. The molecule has 2 heterocycles. The van der Waals surface area contributed by atoms with Crippen LogP contribution in [0.5, 0.6) is 11.5 Å². The molecule has 1 unspecified atom stereocenters. The van der Waals surface area contributed by atoms with Gasteiger partial charge in [0, 0.05) is 51.1 Å². The van der Waals surface area contributed by atoms with Crippen LogP contribution >= 0.6 is 12.4 Å². The third kappa shape index (κ3) is 5.71. The zero-order chi connectivity index (χ0) is 18.6. The van der Waals surface area contributed by atoms with Gasteiger partial charge in [0.25, 0.3) is 0 Å². The van der Waals surface area contributed by atoms with Crippen molar-refractivity contribution in [2.24, 2.45) is 0 Å². The molecule has 2 aliphatic heterocycles. The Labute approximate surface area is 166 Å². The third-order valence-electron chi connectivity index (χ3n) is 4.38. The highest BCUT2D eigenvalue weighted by Crippen LogP contribution is 2.31. The number of fused-ring (bicyclic) bond motifs is 1. The first-order valence-electron chi connectivity index (χ1n) is 8.86. The van der Waals surface area contributed by atoms with Crippen molar-refractivity contribution in [1.29, 1.82) is 0 Å². The number of carbonyl (C=O) groups excluding carboxylic acids is 1. The molecule has 1 aromatic rings. The molecule has 0 aromatic heterocycles. The smallest absolute Gasteiger partial charge is 0.240 e. The van der Waals surface area contributed by atoms with Gasteiger partial charge in [-0.05, 0) is 19.1 Å². The maximum atomic E-state index is 12.5. The number of halogens is 1. The van der Waals surface area contributed by atoms with Crippen LogP contribution in [0, 0.1) is 0 Å². The zero-order valence-corrected chi connectivity index (χ0v) is 16.9. The van der Waals surface area contributed by atoms with Crippen LogP contribution < -0.4 is 19.5 Å². The highest BCUT2D eigenvalue weighted by atomic mass is 35.5. The summed E-state index contributed by atoms with van der Waals surface area (Å²) in [5, 5.41) is 3.27. The van der Waals surface area contributed by atoms with Crippen LogP contribution in [0.25, 0.3) is 0 Å². The average molecular weight is 420 g/mol. The second-order valence-electron chi connectivity index (χ2n) is 6.50. The van der Waals surface area contributed by atoms with E-state index in [0.29, 0.717) is 37.8 Å². The molecule has 0 radical (unpaired) electrons. The van der Waals surface area contributed by atoms with Gasteiger partial charge in [-0.2, -0.15) is 0 Å². The minimum absolute atomic E-state index is 0. The van der Waals surface area contributed by atoms with Gasteiger partial charge in [-0.1, -0.05) is 0 Å². The molecular formula is C17H26ClN3O5S. The van der Waals surface area contributed by atoms with Crippen molar-refractivity contribution in [2.75, 3.05) is 39.4 Å². The first-order valence-corrected chi connectivity index (χ1v) is 10.3. The Morgan fingerprint density at radius 2 is 2.04 bits per heavy atom. The second kappa shape index (κ2) is 9.59. The van der Waals surface area contributed by atoms with E-state index in [4.69, 9.17) is 9.47 Å². The molecule has 1 saturated heterocycles. The van der Waals surface area contributed by atoms with E-state index in [-0.39, 0.29) is 42.2 Å². The number of ether oxygens (including phenoxy) is 2. The van der Waals surface area contributed by atoms with Crippen molar-refractivity contribution in [3.63, 3.8) is 0 Å². The molecule has 2 N–H and O–H groups in total. The van der Waals surface area contributed by atoms with Gasteiger partial charge < -0.3 is 19.7 Å². The predicted octanol–water partition coefficient (Wildman–Crippen LogP) is 0.758. The van der Waals surface area contributed by atoms with E-state index < -0.39 is 10.0 Å². The number of piperazine rings is 1. The van der Waals surface area contributed by atoms with Crippen LogP contribution in [-0.4, -0.2) is 64.7 Å². The lowest BCUT2D eigenvalue weighted by molar-refractivity contribution is -0.132. The van der Waals surface area contributed by atoms with Gasteiger partial charge in [0.15, 0.2) is 11.5 Å². The summed E-state index contributed by atoms with van der Waals surface area (Å²) in [7, 11) is -3.71. The number of rotatable bonds is 5. The number of hydrogen-bond acceptors (Lipinski definition) is 6. The lowest BCUT2D eigenvalue weighted by Crippen LogP contribution is -2.51. The summed E-state index contributed by atoms with van der Waals surface area (Å²) in [6.45, 7) is 5.17. The highest BCUT2D eigenvalue weighted by molar-refractivity contribution is 7.89. The molecule has 0 aliphatic carbocycles. The fourth-order valence-electron chi connectivity index (χ4n) is 3.00. The lowest BCUT2D eigenvalue weighted by atomic mass is 10.2. The van der Waals surface area contributed by atoms with Gasteiger partial charge in [-0.15, -0.1) is 12.4 Å². The topological polar surface area (TPSA) is 97.0 Å². The Morgan fingerprint density at radius 3 is 2.78 bits per heavy atom. The van der Waals surface area contributed by atoms with Crippen LogP contribution in [0.1, 0.15) is 19.8 Å². The number of hydrogen-bond donors (Lipinski definition) is 2. The van der Waals surface area contributed by atoms with Gasteiger partial charge in [0.05, 0.1) is 18.1 Å². The van der Waals surface area contributed by atoms with Crippen molar-refractivity contribution in [3.8, 4) is 11.5 Å². The van der Waals surface area contributed by atoms with E-state index >= 15 is 0 Å². The van der Waals surface area contributed by atoms with Crippen molar-refractivity contribution in [2.45, 2.75) is 30.7 Å². The summed E-state index contributed by atoms with van der Waals surface area (Å²) in [6.07, 6.45) is 0.887. The summed E-state index contributed by atoms with van der Waals surface area (Å²) < 4.78 is 38.5. The molecule has 1 fully saturated rings. The quantitative estimate of drug-likeness (QED) is 0.731. The molecular weight excluding hydrogens is 394 g/mol. The SMILES string of the molecule is CC1CN(C(=O)CCNS(=O)(=O)c2ccc3c(c2)OCCCO3)CCN1.Cl. The Kier molecular flexibility index (Phi) is 7.72. The van der Waals surface area contributed by atoms with Crippen LogP contribution in [0.2, 0.25) is 0 Å². The van der Waals surface area contributed by atoms with Crippen LogP contribution in [0.15, 0.2) is 23.1 Å². The molecule has 2 aliphatic rings. The first kappa shape index (κ1) is 21.7. The highest BCUT2D eigenvalue weighted by Gasteiger charge is 2.22. The van der Waals surface area contributed by atoms with Gasteiger partial charge in [0.2, 0.25) is 15.9 Å². The lowest BCUT2D eigenvalue weighted by Gasteiger charge is -2.32. The fraction of sp³-hybridized carbons (Fsp3) is 0.588. The van der Waals surface area contributed by atoms with Crippen molar-refractivity contribution < 1.29 is 22.7 Å². The Hall–Kier alpha value is -1.55. The molecule has 1 aromatic carbocycles. The van der Waals surface area contributed by atoms with Crippen molar-refractivity contribution in [1.82, 2.24) is 14.9 Å². The molecule has 3 rings (SSSR count). The summed E-state index contributed by atoms with van der Waals surface area (Å²) in [4.78, 5) is 14.1. The number of benzene rings is 1. The summed E-state index contributed by atoms with van der Waals surface area (Å²) in [6, 6.07) is 4.80. The van der Waals surface area contributed by atoms with E-state index in [0.717, 1.165) is 13.0 Å². The molecule has 1 atom stereocenters. The van der Waals surface area contributed by atoms with E-state index in [1.807, 2.05) is 6.92 Å². The van der Waals surface area contributed by atoms with Gasteiger partial charge in [-0.3, -0.25) is 4.79 Å². The maximum absolute atomic E-state index is 12.5. The monoisotopic (exact) mass is 419 g/mol. The number of sulfonamides is 1. The molecule has 152 valence electrons. The molecule has 10 heteroatoms. The number of nitrogens with one attached hydrogen (secondary N) is 2. The molecule has 0 bridgehead atoms. The van der Waals surface area contributed by atoms with E-state index in [2.05, 4.69) is 10.0 Å². The number of amides is 1. The van der Waals surface area contributed by atoms with E-state index in [1.54, 1.807) is 11.0 Å². The first-order chi connectivity index (χ1) is 12.5. The average Bonchev–Trinajstić information content (AvgIpc) is 2.86. The van der Waals surface area contributed by atoms with Gasteiger partial charge in [-0.25, -0.2) is 13.1 Å². The van der Waals surface area contributed by atoms with Crippen LogP contribution in [0.3, 0.4) is 0 Å². The maximum Gasteiger partial charge on any atom is 0.240 e. The van der Waals surface area contributed by atoms with E-state index in [9.17, 15) is 13.2 Å². The summed E-state index contributed by atoms with van der Waals surface area (Å²) in [5.74, 6) is 0.931. The minimum Gasteiger partial charge on any atom is -0.490 e. The third-order valence-corrected chi connectivity index (χ3v) is 5.84. The molecule has 1 amide bonds. The number of carbonyl (C=O) groups is 1. The summed E-state index contributed by atoms with van der Waals surface area (Å²) in [5.41, 5.74) is 0. The predicted molar refractivity (Wildman–Crippen MR) is 103 cm³/mol. The second-order valence-corrected chi connectivity index (χ2v) is 8.27. The van der Waals surface area contributed by atoms with Gasteiger partial charge >= 0.3 is 0 Å². The largest absolute Gasteiger partial charge is 0.490 e. The zero-order valence-electron chi connectivity index (χ0n) is 15.3. The fourth-order valence-corrected chi connectivity index (χ4v) is 4.05. The standard InChI is InChI=1S/C17H25N3O5S.ClH/c1-13-12-20(8-7-18-13)17(21)5-6-19-26(22,23)14-3-4-15-16(11-14)25-10-2-9-24-15;/h3-4,11,13,18-19H,2,5-10,12H2,1H3;1H. The van der Waals surface area contributed by atoms with Crippen LogP contribution in [0.4, 0.5) is 0 Å².